The Labute approximate surface area is 192 Å². The molecule has 0 bridgehead atoms. The van der Waals surface area contributed by atoms with Gasteiger partial charge in [-0.15, -0.1) is 0 Å². The maximum absolute atomic E-state index is 12.6. The third-order valence-corrected chi connectivity index (χ3v) is 10.8. The maximum Gasteiger partial charge on any atom is 0.325 e. The number of hydrogen-bond acceptors (Lipinski definition) is 4. The van der Waals surface area contributed by atoms with E-state index in [9.17, 15) is 4.79 Å². The SMILES string of the molecule is COC(=O)C(CO[Si](c1ccccc1)(c1ccccc1)C(C)(C)C)NCc1ccccc1. The van der Waals surface area contributed by atoms with Gasteiger partial charge in [-0.3, -0.25) is 10.1 Å². The Balaban J connectivity index is 1.95. The van der Waals surface area contributed by atoms with Crippen LogP contribution in [-0.4, -0.2) is 34.0 Å². The lowest BCUT2D eigenvalue weighted by molar-refractivity contribution is -0.144. The fourth-order valence-electron chi connectivity index (χ4n) is 4.16. The van der Waals surface area contributed by atoms with Crippen molar-refractivity contribution < 1.29 is 14.0 Å². The number of carbonyl (C=O) groups excluding carboxylic acids is 1. The Hall–Kier alpha value is -2.73. The zero-order chi connectivity index (χ0) is 23.0. The number of carbonyl (C=O) groups is 1. The first-order chi connectivity index (χ1) is 15.4. The van der Waals surface area contributed by atoms with Gasteiger partial charge in [0.25, 0.3) is 8.32 Å². The number of rotatable bonds is 9. The standard InChI is InChI=1S/C27H33NO3Si/c1-27(2,3)32(23-16-10-6-11-17-23,24-18-12-7-13-19-24)31-21-25(26(29)30-4)28-20-22-14-8-5-9-15-22/h5-19,25,28H,20-21H2,1-4H3. The highest BCUT2D eigenvalue weighted by Gasteiger charge is 2.50. The highest BCUT2D eigenvalue weighted by molar-refractivity contribution is 6.99. The Morgan fingerprint density at radius 3 is 1.75 bits per heavy atom. The van der Waals surface area contributed by atoms with Crippen LogP contribution in [0.2, 0.25) is 5.04 Å². The second-order valence-electron chi connectivity index (χ2n) is 8.92. The van der Waals surface area contributed by atoms with Crippen molar-refractivity contribution in [3.8, 4) is 0 Å². The van der Waals surface area contributed by atoms with Crippen molar-refractivity contribution in [3.63, 3.8) is 0 Å². The van der Waals surface area contributed by atoms with E-state index < -0.39 is 14.4 Å². The number of esters is 1. The van der Waals surface area contributed by atoms with Crippen LogP contribution in [0.3, 0.4) is 0 Å². The summed E-state index contributed by atoms with van der Waals surface area (Å²) < 4.78 is 12.0. The molecule has 0 amide bonds. The molecule has 3 rings (SSSR count). The second-order valence-corrected chi connectivity index (χ2v) is 13.2. The Morgan fingerprint density at radius 2 is 1.31 bits per heavy atom. The molecule has 0 aliphatic heterocycles. The van der Waals surface area contributed by atoms with Gasteiger partial charge in [-0.2, -0.15) is 0 Å². The Kier molecular flexibility index (Phi) is 8.02. The molecular formula is C27H33NO3Si. The lowest BCUT2D eigenvalue weighted by atomic mass is 10.2. The molecule has 0 saturated carbocycles. The minimum Gasteiger partial charge on any atom is -0.468 e. The van der Waals surface area contributed by atoms with E-state index in [0.717, 1.165) is 5.56 Å². The van der Waals surface area contributed by atoms with Gasteiger partial charge in [-0.05, 0) is 21.0 Å². The largest absolute Gasteiger partial charge is 0.468 e. The van der Waals surface area contributed by atoms with E-state index in [1.165, 1.54) is 17.5 Å². The van der Waals surface area contributed by atoms with E-state index in [1.54, 1.807) is 0 Å². The summed E-state index contributed by atoms with van der Waals surface area (Å²) in [6, 6.07) is 30.3. The quantitative estimate of drug-likeness (QED) is 0.399. The van der Waals surface area contributed by atoms with E-state index >= 15 is 0 Å². The van der Waals surface area contributed by atoms with Crippen LogP contribution in [0, 0.1) is 0 Å². The summed E-state index contributed by atoms with van der Waals surface area (Å²) >= 11 is 0. The van der Waals surface area contributed by atoms with E-state index in [4.69, 9.17) is 9.16 Å². The molecule has 1 unspecified atom stereocenters. The Bertz CT molecular complexity index is 933. The minimum atomic E-state index is -2.73. The number of benzene rings is 3. The minimum absolute atomic E-state index is 0.157. The van der Waals surface area contributed by atoms with Gasteiger partial charge in [0.1, 0.15) is 6.04 Å². The topological polar surface area (TPSA) is 47.6 Å². The molecule has 5 heteroatoms. The molecule has 0 aliphatic carbocycles. The van der Waals surface area contributed by atoms with Crippen molar-refractivity contribution in [2.24, 2.45) is 0 Å². The highest BCUT2D eigenvalue weighted by atomic mass is 28.4. The van der Waals surface area contributed by atoms with Gasteiger partial charge in [-0.25, -0.2) is 0 Å². The highest BCUT2D eigenvalue weighted by Crippen LogP contribution is 2.36. The van der Waals surface area contributed by atoms with Gasteiger partial charge in [0.05, 0.1) is 13.7 Å². The molecule has 0 heterocycles. The van der Waals surface area contributed by atoms with Gasteiger partial charge in [0.15, 0.2) is 0 Å². The fraction of sp³-hybridized carbons (Fsp3) is 0.296. The normalized spacial score (nSPS) is 12.9. The van der Waals surface area contributed by atoms with Crippen molar-refractivity contribution in [1.29, 1.82) is 0 Å². The van der Waals surface area contributed by atoms with Crippen LogP contribution in [0.25, 0.3) is 0 Å². The van der Waals surface area contributed by atoms with Crippen molar-refractivity contribution >= 4 is 24.7 Å². The molecule has 4 nitrogen and oxygen atoms in total. The number of hydrogen-bond donors (Lipinski definition) is 1. The van der Waals surface area contributed by atoms with Crippen LogP contribution in [0.15, 0.2) is 91.0 Å². The summed E-state index contributed by atoms with van der Waals surface area (Å²) in [5, 5.41) is 5.55. The maximum atomic E-state index is 12.6. The summed E-state index contributed by atoms with van der Waals surface area (Å²) in [6.45, 7) is 7.47. The number of ether oxygens (including phenoxy) is 1. The zero-order valence-electron chi connectivity index (χ0n) is 19.4. The first-order valence-electron chi connectivity index (χ1n) is 11.0. The van der Waals surface area contributed by atoms with E-state index in [-0.39, 0.29) is 17.6 Å². The molecule has 1 atom stereocenters. The smallest absolute Gasteiger partial charge is 0.325 e. The lowest BCUT2D eigenvalue weighted by Gasteiger charge is -2.43. The van der Waals surface area contributed by atoms with Crippen molar-refractivity contribution in [3.05, 3.63) is 96.6 Å². The summed E-state index contributed by atoms with van der Waals surface area (Å²) in [4.78, 5) is 12.6. The summed E-state index contributed by atoms with van der Waals surface area (Å²) in [6.07, 6.45) is 0. The number of methoxy groups -OCH3 is 1. The summed E-state index contributed by atoms with van der Waals surface area (Å²) in [5.41, 5.74) is 1.10. The third-order valence-electron chi connectivity index (χ3n) is 5.76. The van der Waals surface area contributed by atoms with Crippen molar-refractivity contribution in [1.82, 2.24) is 5.32 Å². The molecule has 0 aromatic heterocycles. The predicted octanol–water partition coefficient (Wildman–Crippen LogP) is 3.89. The molecule has 168 valence electrons. The molecule has 0 aliphatic rings. The van der Waals surface area contributed by atoms with E-state index in [1.807, 2.05) is 42.5 Å². The molecule has 0 spiro atoms. The Morgan fingerprint density at radius 1 is 0.844 bits per heavy atom. The molecule has 3 aromatic carbocycles. The number of nitrogens with one attached hydrogen (secondary N) is 1. The monoisotopic (exact) mass is 447 g/mol. The van der Waals surface area contributed by atoms with Gasteiger partial charge < -0.3 is 9.16 Å². The molecule has 0 radical (unpaired) electrons. The van der Waals surface area contributed by atoms with Gasteiger partial charge in [0, 0.05) is 6.54 Å². The summed E-state index contributed by atoms with van der Waals surface area (Å²) in [5.74, 6) is -0.320. The van der Waals surface area contributed by atoms with Crippen LogP contribution in [0.4, 0.5) is 0 Å². The first-order valence-corrected chi connectivity index (χ1v) is 12.9. The van der Waals surface area contributed by atoms with Crippen LogP contribution < -0.4 is 15.7 Å². The van der Waals surface area contributed by atoms with Gasteiger partial charge in [-0.1, -0.05) is 112 Å². The van der Waals surface area contributed by atoms with Gasteiger partial charge >= 0.3 is 5.97 Å². The van der Waals surface area contributed by atoms with Crippen LogP contribution in [-0.2, 0) is 20.5 Å². The summed E-state index contributed by atoms with van der Waals surface area (Å²) in [7, 11) is -1.31. The average molecular weight is 448 g/mol. The molecular weight excluding hydrogens is 414 g/mol. The molecule has 0 fully saturated rings. The molecule has 0 saturated heterocycles. The second kappa shape index (κ2) is 10.7. The van der Waals surface area contributed by atoms with E-state index in [2.05, 4.69) is 74.6 Å². The van der Waals surface area contributed by atoms with Crippen LogP contribution >= 0.6 is 0 Å². The molecule has 32 heavy (non-hydrogen) atoms. The van der Waals surface area contributed by atoms with E-state index in [0.29, 0.717) is 6.54 Å². The molecule has 3 aromatic rings. The van der Waals surface area contributed by atoms with Crippen LogP contribution in [0.1, 0.15) is 26.3 Å². The van der Waals surface area contributed by atoms with Crippen molar-refractivity contribution in [2.45, 2.75) is 38.4 Å². The predicted molar refractivity (Wildman–Crippen MR) is 133 cm³/mol. The molecule has 1 N–H and O–H groups in total. The third kappa shape index (κ3) is 5.36. The first kappa shape index (κ1) is 23.9. The lowest BCUT2D eigenvalue weighted by Crippen LogP contribution is -2.67. The van der Waals surface area contributed by atoms with Gasteiger partial charge in [0.2, 0.25) is 0 Å². The fourth-order valence-corrected chi connectivity index (χ4v) is 8.73. The zero-order valence-corrected chi connectivity index (χ0v) is 20.4. The van der Waals surface area contributed by atoms with Crippen LogP contribution in [0.5, 0.6) is 0 Å². The average Bonchev–Trinajstić information content (AvgIpc) is 2.82. The van der Waals surface area contributed by atoms with Crippen molar-refractivity contribution in [2.75, 3.05) is 13.7 Å².